The summed E-state index contributed by atoms with van der Waals surface area (Å²) in [5.74, 6) is -0.224. The zero-order valence-corrected chi connectivity index (χ0v) is 14.0. The van der Waals surface area contributed by atoms with Gasteiger partial charge in [0.05, 0.1) is 15.2 Å². The maximum Gasteiger partial charge on any atom is 0.264 e. The van der Waals surface area contributed by atoms with Crippen molar-refractivity contribution in [3.63, 3.8) is 0 Å². The fourth-order valence-corrected chi connectivity index (χ4v) is 3.09. The van der Waals surface area contributed by atoms with Crippen molar-refractivity contribution in [2.75, 3.05) is 13.1 Å². The quantitative estimate of drug-likeness (QED) is 0.891. The Kier molecular flexibility index (Phi) is 6.00. The van der Waals surface area contributed by atoms with E-state index in [4.69, 9.17) is 0 Å². The molecule has 4 nitrogen and oxygen atoms in total. The second-order valence-corrected chi connectivity index (χ2v) is 6.98. The third-order valence-electron chi connectivity index (χ3n) is 2.52. The zero-order chi connectivity index (χ0) is 14.6. The lowest BCUT2D eigenvalue weighted by Crippen LogP contribution is -2.42. The molecule has 0 aliphatic carbocycles. The molecule has 1 N–H and O–H groups in total. The van der Waals surface area contributed by atoms with Gasteiger partial charge in [-0.2, -0.15) is 0 Å². The van der Waals surface area contributed by atoms with Crippen LogP contribution in [0, 0.1) is 6.92 Å². The molecule has 1 heterocycles. The predicted octanol–water partition coefficient (Wildman–Crippen LogP) is 2.81. The van der Waals surface area contributed by atoms with Gasteiger partial charge in [-0.25, -0.2) is 0 Å². The lowest BCUT2D eigenvalue weighted by molar-refractivity contribution is -0.122. The van der Waals surface area contributed by atoms with Crippen LogP contribution < -0.4 is 5.32 Å². The van der Waals surface area contributed by atoms with E-state index < -0.39 is 0 Å². The van der Waals surface area contributed by atoms with Crippen molar-refractivity contribution in [2.45, 2.75) is 33.7 Å². The van der Waals surface area contributed by atoms with E-state index in [1.54, 1.807) is 4.90 Å². The summed E-state index contributed by atoms with van der Waals surface area (Å²) in [6.07, 6.45) is 0. The van der Waals surface area contributed by atoms with E-state index in [9.17, 15) is 9.59 Å². The monoisotopic (exact) mass is 346 g/mol. The maximum atomic E-state index is 12.3. The van der Waals surface area contributed by atoms with Crippen LogP contribution in [0.4, 0.5) is 0 Å². The molecule has 0 unspecified atom stereocenters. The van der Waals surface area contributed by atoms with E-state index in [0.29, 0.717) is 11.4 Å². The number of aryl methyl sites for hydroxylation is 1. The minimum Gasteiger partial charge on any atom is -0.352 e. The lowest BCUT2D eigenvalue weighted by Gasteiger charge is -2.20. The molecule has 106 valence electrons. The Labute approximate surface area is 126 Å². The number of carbonyl (C=O) groups is 2. The molecule has 0 aliphatic rings. The number of hydrogen-bond donors (Lipinski definition) is 1. The number of carbonyl (C=O) groups excluding carboxylic acids is 2. The number of nitrogens with zero attached hydrogens (tertiary/aromatic N) is 1. The van der Waals surface area contributed by atoms with Crippen LogP contribution in [-0.2, 0) is 4.79 Å². The number of hydrogen-bond acceptors (Lipinski definition) is 3. The first kappa shape index (κ1) is 16.2. The summed E-state index contributed by atoms with van der Waals surface area (Å²) < 4.78 is 0.957. The van der Waals surface area contributed by atoms with Crippen LogP contribution >= 0.6 is 27.3 Å². The second kappa shape index (κ2) is 7.05. The van der Waals surface area contributed by atoms with Gasteiger partial charge in [-0.05, 0) is 55.3 Å². The highest BCUT2D eigenvalue weighted by atomic mass is 79.9. The number of likely N-dealkylation sites (N-methyl/N-ethyl adjacent to an activating group) is 1. The average Bonchev–Trinajstić information content (AvgIpc) is 2.65. The molecule has 0 spiro atoms. The fraction of sp³-hybridized carbons (Fsp3) is 0.538. The highest BCUT2D eigenvalue weighted by Gasteiger charge is 2.20. The molecule has 0 bridgehead atoms. The molecule has 0 aromatic carbocycles. The van der Waals surface area contributed by atoms with Gasteiger partial charge in [-0.3, -0.25) is 9.59 Å². The Balaban J connectivity index is 2.74. The summed E-state index contributed by atoms with van der Waals surface area (Å²) >= 11 is 4.81. The number of nitrogens with one attached hydrogen (secondary N) is 1. The van der Waals surface area contributed by atoms with Crippen LogP contribution in [0.15, 0.2) is 9.85 Å². The van der Waals surface area contributed by atoms with Gasteiger partial charge in [0.15, 0.2) is 0 Å². The topological polar surface area (TPSA) is 49.4 Å². The molecular weight excluding hydrogens is 328 g/mol. The number of rotatable bonds is 5. The normalized spacial score (nSPS) is 10.6. The molecule has 1 aromatic rings. The van der Waals surface area contributed by atoms with Crippen molar-refractivity contribution in [1.82, 2.24) is 10.2 Å². The Bertz CT molecular complexity index is 452. The van der Waals surface area contributed by atoms with Crippen LogP contribution in [0.2, 0.25) is 0 Å². The van der Waals surface area contributed by atoms with Gasteiger partial charge in [0, 0.05) is 12.6 Å². The minimum absolute atomic E-state index is 0.0828. The first-order chi connectivity index (χ1) is 8.85. The van der Waals surface area contributed by atoms with Crippen LogP contribution in [0.1, 0.15) is 36.0 Å². The molecular formula is C13H19BrN2O2S. The number of halogens is 1. The van der Waals surface area contributed by atoms with Crippen LogP contribution in [0.5, 0.6) is 0 Å². The Hall–Kier alpha value is -0.880. The molecule has 1 rings (SSSR count). The number of amides is 2. The summed E-state index contributed by atoms with van der Waals surface area (Å²) in [4.78, 5) is 26.2. The smallest absolute Gasteiger partial charge is 0.264 e. The third kappa shape index (κ3) is 4.62. The van der Waals surface area contributed by atoms with Crippen molar-refractivity contribution in [3.8, 4) is 0 Å². The number of thiophene rings is 1. The van der Waals surface area contributed by atoms with Gasteiger partial charge in [-0.1, -0.05) is 0 Å². The molecule has 0 aliphatic heterocycles. The standard InChI is InChI=1S/C13H19BrN2O2S/c1-5-16(7-11(17)15-8(2)3)13(18)10-6-9(4)12(14)19-10/h6,8H,5,7H2,1-4H3,(H,15,17). The van der Waals surface area contributed by atoms with E-state index >= 15 is 0 Å². The van der Waals surface area contributed by atoms with Gasteiger partial charge in [0.25, 0.3) is 5.91 Å². The Morgan fingerprint density at radius 3 is 2.53 bits per heavy atom. The van der Waals surface area contributed by atoms with Crippen molar-refractivity contribution >= 4 is 39.1 Å². The Morgan fingerprint density at radius 1 is 1.47 bits per heavy atom. The van der Waals surface area contributed by atoms with Crippen molar-refractivity contribution < 1.29 is 9.59 Å². The van der Waals surface area contributed by atoms with Crippen molar-refractivity contribution in [3.05, 3.63) is 20.3 Å². The molecule has 19 heavy (non-hydrogen) atoms. The lowest BCUT2D eigenvalue weighted by atomic mass is 10.3. The molecule has 0 fully saturated rings. The first-order valence-corrected chi connectivity index (χ1v) is 7.80. The predicted molar refractivity (Wildman–Crippen MR) is 81.6 cm³/mol. The molecule has 0 saturated carbocycles. The van der Waals surface area contributed by atoms with Crippen LogP contribution in [0.25, 0.3) is 0 Å². The van der Waals surface area contributed by atoms with E-state index in [0.717, 1.165) is 9.35 Å². The van der Waals surface area contributed by atoms with Crippen LogP contribution in [0.3, 0.4) is 0 Å². The SMILES string of the molecule is CCN(CC(=O)NC(C)C)C(=O)c1cc(C)c(Br)s1. The summed E-state index contributed by atoms with van der Waals surface area (Å²) in [6, 6.07) is 1.93. The molecule has 1 aromatic heterocycles. The fourth-order valence-electron chi connectivity index (χ4n) is 1.59. The van der Waals surface area contributed by atoms with E-state index in [2.05, 4.69) is 21.2 Å². The molecule has 0 atom stereocenters. The van der Waals surface area contributed by atoms with Crippen LogP contribution in [-0.4, -0.2) is 35.8 Å². The molecule has 0 saturated heterocycles. The largest absolute Gasteiger partial charge is 0.352 e. The van der Waals surface area contributed by atoms with Gasteiger partial charge in [-0.15, -0.1) is 11.3 Å². The molecule has 2 amide bonds. The first-order valence-electron chi connectivity index (χ1n) is 6.19. The summed E-state index contributed by atoms with van der Waals surface area (Å²) in [6.45, 7) is 8.22. The highest BCUT2D eigenvalue weighted by Crippen LogP contribution is 2.28. The van der Waals surface area contributed by atoms with Crippen molar-refractivity contribution in [1.29, 1.82) is 0 Å². The minimum atomic E-state index is -0.127. The second-order valence-electron chi connectivity index (χ2n) is 4.61. The van der Waals surface area contributed by atoms with Gasteiger partial charge < -0.3 is 10.2 Å². The summed E-state index contributed by atoms with van der Waals surface area (Å²) in [5, 5.41) is 2.79. The molecule has 6 heteroatoms. The summed E-state index contributed by atoms with van der Waals surface area (Å²) in [7, 11) is 0. The molecule has 0 radical (unpaired) electrons. The summed E-state index contributed by atoms with van der Waals surface area (Å²) in [5.41, 5.74) is 1.04. The third-order valence-corrected chi connectivity index (χ3v) is 4.65. The van der Waals surface area contributed by atoms with E-state index in [1.807, 2.05) is 33.8 Å². The highest BCUT2D eigenvalue weighted by molar-refractivity contribution is 9.11. The van der Waals surface area contributed by atoms with Gasteiger partial charge in [0.2, 0.25) is 5.91 Å². The van der Waals surface area contributed by atoms with Gasteiger partial charge in [0.1, 0.15) is 0 Å². The Morgan fingerprint density at radius 2 is 2.11 bits per heavy atom. The van der Waals surface area contributed by atoms with E-state index in [-0.39, 0.29) is 24.4 Å². The zero-order valence-electron chi connectivity index (χ0n) is 11.6. The maximum absolute atomic E-state index is 12.3. The van der Waals surface area contributed by atoms with Gasteiger partial charge >= 0.3 is 0 Å². The average molecular weight is 347 g/mol. The van der Waals surface area contributed by atoms with Crippen molar-refractivity contribution in [2.24, 2.45) is 0 Å². The van der Waals surface area contributed by atoms with E-state index in [1.165, 1.54) is 11.3 Å².